The van der Waals surface area contributed by atoms with Gasteiger partial charge in [0, 0.05) is 31.1 Å². The fraction of sp³-hybridized carbons (Fsp3) is 0.500. The minimum absolute atomic E-state index is 0.0520. The molecule has 1 aliphatic heterocycles. The lowest BCUT2D eigenvalue weighted by atomic mass is 10.2. The first-order chi connectivity index (χ1) is 10.5. The van der Waals surface area contributed by atoms with Gasteiger partial charge in [0.2, 0.25) is 15.9 Å². The normalized spacial score (nSPS) is 18.3. The summed E-state index contributed by atoms with van der Waals surface area (Å²) in [6.45, 7) is 0.958. The third-order valence-corrected chi connectivity index (χ3v) is 4.92. The highest BCUT2D eigenvalue weighted by Gasteiger charge is 2.20. The van der Waals surface area contributed by atoms with Gasteiger partial charge in [0.15, 0.2) is 0 Å². The molecule has 1 heterocycles. The van der Waals surface area contributed by atoms with Crippen LogP contribution in [0.3, 0.4) is 0 Å². The van der Waals surface area contributed by atoms with Crippen molar-refractivity contribution in [1.82, 2.24) is 4.72 Å². The van der Waals surface area contributed by atoms with Crippen LogP contribution in [0.1, 0.15) is 19.3 Å². The van der Waals surface area contributed by atoms with Crippen molar-refractivity contribution in [1.29, 1.82) is 0 Å². The Morgan fingerprint density at radius 1 is 1.32 bits per heavy atom. The Kier molecular flexibility index (Phi) is 6.19. The molecule has 122 valence electrons. The molecule has 2 rings (SSSR count). The Morgan fingerprint density at radius 2 is 2.05 bits per heavy atom. The summed E-state index contributed by atoms with van der Waals surface area (Å²) in [6, 6.07) is 6.00. The van der Waals surface area contributed by atoms with Gasteiger partial charge in [0.05, 0.1) is 11.0 Å². The molecule has 0 spiro atoms. The van der Waals surface area contributed by atoms with Crippen molar-refractivity contribution >= 4 is 33.2 Å². The van der Waals surface area contributed by atoms with E-state index in [2.05, 4.69) is 10.0 Å². The van der Waals surface area contributed by atoms with E-state index in [0.717, 1.165) is 12.8 Å². The van der Waals surface area contributed by atoms with Crippen LogP contribution in [0.25, 0.3) is 0 Å². The van der Waals surface area contributed by atoms with Crippen molar-refractivity contribution in [3.63, 3.8) is 0 Å². The summed E-state index contributed by atoms with van der Waals surface area (Å²) < 4.78 is 32.2. The fourth-order valence-corrected chi connectivity index (χ4v) is 3.36. The lowest BCUT2D eigenvalue weighted by Gasteiger charge is -2.12. The molecule has 8 heteroatoms. The van der Waals surface area contributed by atoms with E-state index in [0.29, 0.717) is 12.3 Å². The van der Waals surface area contributed by atoms with Crippen molar-refractivity contribution in [2.24, 2.45) is 0 Å². The Balaban J connectivity index is 1.94. The van der Waals surface area contributed by atoms with Crippen LogP contribution in [0.15, 0.2) is 29.2 Å². The number of hydrogen-bond acceptors (Lipinski definition) is 4. The molecule has 1 saturated heterocycles. The van der Waals surface area contributed by atoms with Crippen molar-refractivity contribution in [2.75, 3.05) is 24.3 Å². The molecule has 1 aromatic rings. The molecule has 0 aliphatic carbocycles. The van der Waals surface area contributed by atoms with Crippen LogP contribution < -0.4 is 10.0 Å². The molecule has 0 aromatic heterocycles. The Bertz CT molecular complexity index is 598. The van der Waals surface area contributed by atoms with Crippen LogP contribution in [-0.4, -0.2) is 39.5 Å². The zero-order valence-corrected chi connectivity index (χ0v) is 13.6. The number of carbonyl (C=O) groups excluding carboxylic acids is 1. The number of ether oxygens (including phenoxy) is 1. The monoisotopic (exact) mass is 346 g/mol. The van der Waals surface area contributed by atoms with Crippen molar-refractivity contribution < 1.29 is 17.9 Å². The second-order valence-electron chi connectivity index (χ2n) is 5.00. The van der Waals surface area contributed by atoms with E-state index in [9.17, 15) is 13.2 Å². The molecule has 1 atom stereocenters. The highest BCUT2D eigenvalue weighted by atomic mass is 35.5. The lowest BCUT2D eigenvalue weighted by Crippen LogP contribution is -2.31. The van der Waals surface area contributed by atoms with Gasteiger partial charge in [-0.25, -0.2) is 13.1 Å². The third-order valence-electron chi connectivity index (χ3n) is 3.29. The number of halogens is 1. The number of rotatable bonds is 7. The fourth-order valence-electron chi connectivity index (χ4n) is 2.12. The van der Waals surface area contributed by atoms with Crippen molar-refractivity contribution in [2.45, 2.75) is 30.3 Å². The van der Waals surface area contributed by atoms with Gasteiger partial charge in [-0.3, -0.25) is 4.79 Å². The maximum atomic E-state index is 12.2. The number of alkyl halides is 1. The molecule has 2 N–H and O–H groups in total. The van der Waals surface area contributed by atoms with Gasteiger partial charge >= 0.3 is 0 Å². The number of nitrogens with one attached hydrogen (secondary N) is 2. The number of carbonyl (C=O) groups is 1. The van der Waals surface area contributed by atoms with E-state index < -0.39 is 10.0 Å². The molecule has 22 heavy (non-hydrogen) atoms. The first-order valence-electron chi connectivity index (χ1n) is 7.08. The van der Waals surface area contributed by atoms with E-state index in [1.807, 2.05) is 0 Å². The minimum Gasteiger partial charge on any atom is -0.377 e. The van der Waals surface area contributed by atoms with Gasteiger partial charge in [-0.2, -0.15) is 0 Å². The van der Waals surface area contributed by atoms with Gasteiger partial charge in [-0.05, 0) is 37.1 Å². The van der Waals surface area contributed by atoms with Gasteiger partial charge < -0.3 is 10.1 Å². The van der Waals surface area contributed by atoms with E-state index in [-0.39, 0.29) is 35.8 Å². The second kappa shape index (κ2) is 7.92. The quantitative estimate of drug-likeness (QED) is 0.736. The van der Waals surface area contributed by atoms with E-state index in [4.69, 9.17) is 16.3 Å². The standard InChI is InChI=1S/C14H19ClN2O4S/c15-8-7-14(18)17-11-3-5-13(6-4-11)22(19,20)16-10-12-2-1-9-21-12/h3-6,12,16H,1-2,7-10H2,(H,17,18)/t12-/m0/s1. The second-order valence-corrected chi connectivity index (χ2v) is 7.14. The summed E-state index contributed by atoms with van der Waals surface area (Å²) in [7, 11) is -3.57. The van der Waals surface area contributed by atoms with E-state index in [1.165, 1.54) is 12.1 Å². The van der Waals surface area contributed by atoms with E-state index in [1.54, 1.807) is 12.1 Å². The summed E-state index contributed by atoms with van der Waals surface area (Å²) in [5.74, 6) is 0.0351. The Labute approximate surface area is 135 Å². The first kappa shape index (κ1) is 17.2. The molecule has 1 amide bonds. The summed E-state index contributed by atoms with van der Waals surface area (Å²) in [5, 5.41) is 2.64. The molecule has 0 saturated carbocycles. The van der Waals surface area contributed by atoms with Crippen LogP contribution in [0.4, 0.5) is 5.69 Å². The van der Waals surface area contributed by atoms with Crippen LogP contribution >= 0.6 is 11.6 Å². The maximum absolute atomic E-state index is 12.2. The van der Waals surface area contributed by atoms with Crippen LogP contribution in [-0.2, 0) is 19.6 Å². The smallest absolute Gasteiger partial charge is 0.240 e. The predicted molar refractivity (Wildman–Crippen MR) is 84.6 cm³/mol. The lowest BCUT2D eigenvalue weighted by molar-refractivity contribution is -0.115. The topological polar surface area (TPSA) is 84.5 Å². The van der Waals surface area contributed by atoms with Crippen LogP contribution in [0, 0.1) is 0 Å². The molecule has 0 unspecified atom stereocenters. The average Bonchev–Trinajstić information content (AvgIpc) is 2.99. The predicted octanol–water partition coefficient (Wildman–Crippen LogP) is 1.71. The van der Waals surface area contributed by atoms with Crippen molar-refractivity contribution in [3.8, 4) is 0 Å². The van der Waals surface area contributed by atoms with Crippen molar-refractivity contribution in [3.05, 3.63) is 24.3 Å². The number of anilines is 1. The molecule has 1 aromatic carbocycles. The Morgan fingerprint density at radius 3 is 2.64 bits per heavy atom. The zero-order chi connectivity index (χ0) is 16.0. The molecule has 1 aliphatic rings. The maximum Gasteiger partial charge on any atom is 0.240 e. The summed E-state index contributed by atoms with van der Waals surface area (Å²) in [5.41, 5.74) is 0.535. The molecule has 0 bridgehead atoms. The van der Waals surface area contributed by atoms with Crippen LogP contribution in [0.2, 0.25) is 0 Å². The molecule has 0 radical (unpaired) electrons. The number of sulfonamides is 1. The highest BCUT2D eigenvalue weighted by Crippen LogP contribution is 2.16. The number of hydrogen-bond donors (Lipinski definition) is 2. The number of benzene rings is 1. The Hall–Kier alpha value is -1.15. The summed E-state index contributed by atoms with van der Waals surface area (Å²) >= 11 is 5.48. The number of amides is 1. The zero-order valence-electron chi connectivity index (χ0n) is 12.0. The van der Waals surface area contributed by atoms with Gasteiger partial charge in [0.25, 0.3) is 0 Å². The van der Waals surface area contributed by atoms with Gasteiger partial charge in [0.1, 0.15) is 0 Å². The largest absolute Gasteiger partial charge is 0.377 e. The molecular formula is C14H19ClN2O4S. The van der Waals surface area contributed by atoms with E-state index >= 15 is 0 Å². The molecular weight excluding hydrogens is 328 g/mol. The molecule has 1 fully saturated rings. The van der Waals surface area contributed by atoms with Crippen LogP contribution in [0.5, 0.6) is 0 Å². The third kappa shape index (κ3) is 4.95. The minimum atomic E-state index is -3.57. The highest BCUT2D eigenvalue weighted by molar-refractivity contribution is 7.89. The summed E-state index contributed by atoms with van der Waals surface area (Å²) in [4.78, 5) is 11.6. The first-order valence-corrected chi connectivity index (χ1v) is 9.10. The summed E-state index contributed by atoms with van der Waals surface area (Å²) in [6.07, 6.45) is 1.99. The molecule has 6 nitrogen and oxygen atoms in total. The SMILES string of the molecule is O=C(CCCl)Nc1ccc(S(=O)(=O)NC[C@@H]2CCCO2)cc1. The average molecular weight is 347 g/mol. The van der Waals surface area contributed by atoms with Gasteiger partial charge in [-0.15, -0.1) is 11.6 Å². The van der Waals surface area contributed by atoms with Gasteiger partial charge in [-0.1, -0.05) is 0 Å².